The van der Waals surface area contributed by atoms with Gasteiger partial charge in [-0.2, -0.15) is 4.31 Å². The van der Waals surface area contributed by atoms with E-state index in [-0.39, 0.29) is 29.0 Å². The Hall–Kier alpha value is -2.05. The summed E-state index contributed by atoms with van der Waals surface area (Å²) in [6.45, 7) is 9.40. The monoisotopic (exact) mass is 553 g/mol. The molecule has 0 aromatic heterocycles. The number of carbonyl (C=O) groups excluding carboxylic acids is 1. The van der Waals surface area contributed by atoms with Gasteiger partial charge in [0.05, 0.1) is 23.8 Å². The molecule has 1 aromatic carbocycles. The predicted octanol–water partition coefficient (Wildman–Crippen LogP) is 1.16. The first-order chi connectivity index (χ1) is 17.3. The molecule has 0 radical (unpaired) electrons. The van der Waals surface area contributed by atoms with Crippen molar-refractivity contribution >= 4 is 37.3 Å². The zero-order valence-corrected chi connectivity index (χ0v) is 23.7. The van der Waals surface area contributed by atoms with E-state index in [0.717, 1.165) is 24.3 Å². The Bertz CT molecular complexity index is 1210. The van der Waals surface area contributed by atoms with Crippen molar-refractivity contribution in [1.29, 1.82) is 0 Å². The number of benzene rings is 1. The van der Waals surface area contributed by atoms with Crippen molar-refractivity contribution in [3.63, 3.8) is 0 Å². The highest BCUT2D eigenvalue weighted by Crippen LogP contribution is 2.43. The Labute approximate surface area is 221 Å². The van der Waals surface area contributed by atoms with Gasteiger partial charge in [-0.25, -0.2) is 21.6 Å². The molecule has 0 saturated carbocycles. The third-order valence-electron chi connectivity index (χ3n) is 8.56. The molecule has 5 aliphatic rings. The molecule has 0 N–H and O–H groups in total. The standard InChI is InChI=1S/C25H39N5O5S2/c1-25(2)16-20-17-28(24(31)27-8-10-29(11-9-27)36(3,32)33)19-23(25)30(18-20)22-6-4-21(5-7-22)26-12-14-37(34,35)15-13-26/h4-7,20,23H,8-19H2,1-3H3/t20?,23-/m1/s1. The Morgan fingerprint density at radius 1 is 0.865 bits per heavy atom. The molecule has 12 heteroatoms. The van der Waals surface area contributed by atoms with E-state index in [1.54, 1.807) is 4.90 Å². The van der Waals surface area contributed by atoms with Gasteiger partial charge in [-0.1, -0.05) is 13.8 Å². The molecule has 5 fully saturated rings. The van der Waals surface area contributed by atoms with Crippen molar-refractivity contribution in [3.8, 4) is 0 Å². The molecular weight excluding hydrogens is 514 g/mol. The molecule has 10 nitrogen and oxygen atoms in total. The first-order valence-electron chi connectivity index (χ1n) is 13.1. The number of sulfonamides is 1. The summed E-state index contributed by atoms with van der Waals surface area (Å²) in [5.74, 6) is 0.750. The van der Waals surface area contributed by atoms with Gasteiger partial charge in [0.1, 0.15) is 0 Å². The van der Waals surface area contributed by atoms with Crippen LogP contribution in [-0.4, -0.2) is 120 Å². The third-order valence-corrected chi connectivity index (χ3v) is 11.5. The molecule has 5 aliphatic heterocycles. The summed E-state index contributed by atoms with van der Waals surface area (Å²) >= 11 is 0. The highest BCUT2D eigenvalue weighted by Gasteiger charge is 2.47. The molecular formula is C25H39N5O5S2. The number of fused-ring (bicyclic) bond motifs is 4. The van der Waals surface area contributed by atoms with Crippen molar-refractivity contribution in [3.05, 3.63) is 24.3 Å². The van der Waals surface area contributed by atoms with Gasteiger partial charge in [0, 0.05) is 70.3 Å². The van der Waals surface area contributed by atoms with Gasteiger partial charge < -0.3 is 19.6 Å². The van der Waals surface area contributed by atoms with Crippen molar-refractivity contribution in [2.75, 3.05) is 86.5 Å². The number of piperidine rings is 1. The molecule has 6 rings (SSSR count). The zero-order chi connectivity index (χ0) is 26.6. The van der Waals surface area contributed by atoms with Crippen LogP contribution in [0.1, 0.15) is 20.3 Å². The van der Waals surface area contributed by atoms with E-state index < -0.39 is 19.9 Å². The maximum Gasteiger partial charge on any atom is 0.320 e. The Morgan fingerprint density at radius 3 is 2.05 bits per heavy atom. The van der Waals surface area contributed by atoms with Crippen molar-refractivity contribution in [2.45, 2.75) is 26.3 Å². The number of hydrogen-bond donors (Lipinski definition) is 0. The highest BCUT2D eigenvalue weighted by molar-refractivity contribution is 7.91. The lowest BCUT2D eigenvalue weighted by atomic mass is 9.73. The van der Waals surface area contributed by atoms with Crippen molar-refractivity contribution < 1.29 is 21.6 Å². The SMILES string of the molecule is CC1(C)CC2CN(C(=O)N3CCN(S(C)(=O)=O)CC3)C[C@H]1N(c1ccc(N3CCS(=O)(=O)CC3)cc1)C2. The van der Waals surface area contributed by atoms with E-state index in [1.807, 2.05) is 4.90 Å². The lowest BCUT2D eigenvalue weighted by Crippen LogP contribution is -2.56. The second kappa shape index (κ2) is 9.60. The maximum absolute atomic E-state index is 13.5. The quantitative estimate of drug-likeness (QED) is 0.554. The molecule has 5 saturated heterocycles. The van der Waals surface area contributed by atoms with Crippen LogP contribution in [-0.2, 0) is 19.9 Å². The number of nitrogens with zero attached hydrogens (tertiary/aromatic N) is 5. The van der Waals surface area contributed by atoms with Gasteiger partial charge in [-0.05, 0) is 42.0 Å². The van der Waals surface area contributed by atoms with Crippen LogP contribution in [0.3, 0.4) is 0 Å². The topological polar surface area (TPSA) is 102 Å². The minimum atomic E-state index is -3.24. The number of anilines is 2. The van der Waals surface area contributed by atoms with Crippen LogP contribution in [0.15, 0.2) is 24.3 Å². The highest BCUT2D eigenvalue weighted by atomic mass is 32.2. The van der Waals surface area contributed by atoms with Gasteiger partial charge in [-0.15, -0.1) is 0 Å². The number of piperazine rings is 1. The summed E-state index contributed by atoms with van der Waals surface area (Å²) in [6, 6.07) is 8.61. The molecule has 5 heterocycles. The van der Waals surface area contributed by atoms with E-state index in [0.29, 0.717) is 58.3 Å². The van der Waals surface area contributed by atoms with Crippen LogP contribution in [0.2, 0.25) is 0 Å². The number of carbonyl (C=O) groups is 1. The Balaban J connectivity index is 1.29. The number of urea groups is 1. The molecule has 2 bridgehead atoms. The van der Waals surface area contributed by atoms with Crippen LogP contribution in [0.25, 0.3) is 0 Å². The predicted molar refractivity (Wildman–Crippen MR) is 145 cm³/mol. The number of amides is 2. The lowest BCUT2D eigenvalue weighted by Gasteiger charge is -2.48. The first-order valence-corrected chi connectivity index (χ1v) is 16.8. The number of rotatable bonds is 3. The summed E-state index contributed by atoms with van der Waals surface area (Å²) in [4.78, 5) is 21.9. The van der Waals surface area contributed by atoms with Crippen molar-refractivity contribution in [1.82, 2.24) is 14.1 Å². The number of hydrogen-bond acceptors (Lipinski definition) is 7. The smallest absolute Gasteiger partial charge is 0.320 e. The average Bonchev–Trinajstić information content (AvgIpc) is 3.10. The normalized spacial score (nSPS) is 28.3. The molecule has 206 valence electrons. The molecule has 1 aromatic rings. The van der Waals surface area contributed by atoms with Gasteiger partial charge in [-0.3, -0.25) is 0 Å². The van der Waals surface area contributed by atoms with Gasteiger partial charge in [0.2, 0.25) is 10.0 Å². The lowest BCUT2D eigenvalue weighted by molar-refractivity contribution is 0.132. The summed E-state index contributed by atoms with van der Waals surface area (Å²) in [5, 5.41) is 0. The average molecular weight is 554 g/mol. The van der Waals surface area contributed by atoms with E-state index in [1.165, 1.54) is 10.6 Å². The van der Waals surface area contributed by atoms with Crippen molar-refractivity contribution in [2.24, 2.45) is 11.3 Å². The molecule has 0 aliphatic carbocycles. The van der Waals surface area contributed by atoms with Crippen LogP contribution in [0, 0.1) is 11.3 Å². The van der Waals surface area contributed by atoms with Gasteiger partial charge in [0.15, 0.2) is 9.84 Å². The van der Waals surface area contributed by atoms with Crippen LogP contribution >= 0.6 is 0 Å². The largest absolute Gasteiger partial charge is 0.369 e. The Morgan fingerprint density at radius 2 is 1.46 bits per heavy atom. The minimum Gasteiger partial charge on any atom is -0.369 e. The third kappa shape index (κ3) is 5.56. The minimum absolute atomic E-state index is 0.0121. The van der Waals surface area contributed by atoms with E-state index in [4.69, 9.17) is 0 Å². The summed E-state index contributed by atoms with van der Waals surface area (Å²) in [5.41, 5.74) is 2.21. The van der Waals surface area contributed by atoms with E-state index in [9.17, 15) is 21.6 Å². The van der Waals surface area contributed by atoms with E-state index in [2.05, 4.69) is 47.9 Å². The number of sulfone groups is 1. The second-order valence-electron chi connectivity index (χ2n) is 11.7. The fourth-order valence-electron chi connectivity index (χ4n) is 6.51. The fourth-order valence-corrected chi connectivity index (χ4v) is 8.54. The van der Waals surface area contributed by atoms with Gasteiger partial charge in [0.25, 0.3) is 0 Å². The van der Waals surface area contributed by atoms with Crippen LogP contribution in [0.5, 0.6) is 0 Å². The second-order valence-corrected chi connectivity index (χ2v) is 16.0. The summed E-state index contributed by atoms with van der Waals surface area (Å²) < 4.78 is 48.8. The van der Waals surface area contributed by atoms with Crippen LogP contribution < -0.4 is 9.80 Å². The Kier molecular flexibility index (Phi) is 6.89. The summed E-state index contributed by atoms with van der Waals surface area (Å²) in [6.07, 6.45) is 2.28. The van der Waals surface area contributed by atoms with Crippen LogP contribution in [0.4, 0.5) is 16.2 Å². The van der Waals surface area contributed by atoms with E-state index >= 15 is 0 Å². The first kappa shape index (κ1) is 26.6. The van der Waals surface area contributed by atoms with Gasteiger partial charge >= 0.3 is 6.03 Å². The molecule has 37 heavy (non-hydrogen) atoms. The molecule has 1 unspecified atom stereocenters. The summed E-state index contributed by atoms with van der Waals surface area (Å²) in [7, 11) is -6.15. The molecule has 0 spiro atoms. The maximum atomic E-state index is 13.5. The zero-order valence-electron chi connectivity index (χ0n) is 22.0. The molecule has 2 atom stereocenters. The molecule has 2 amide bonds. The fraction of sp³-hybridized carbons (Fsp3) is 0.720.